The maximum absolute atomic E-state index is 14.6. The minimum Gasteiger partial charge on any atom is -0.312 e. The first-order valence-corrected chi connectivity index (χ1v) is 7.62. The molecule has 0 unspecified atom stereocenters. The molecule has 1 fully saturated rings. The van der Waals surface area contributed by atoms with Gasteiger partial charge in [0.25, 0.3) is 0 Å². The Morgan fingerprint density at radius 1 is 1.30 bits per heavy atom. The number of amides is 1. The van der Waals surface area contributed by atoms with Crippen molar-refractivity contribution in [3.05, 3.63) is 47.0 Å². The zero-order chi connectivity index (χ0) is 16.6. The lowest BCUT2D eigenvalue weighted by molar-refractivity contribution is -0.117. The van der Waals surface area contributed by atoms with Crippen molar-refractivity contribution in [1.82, 2.24) is 4.98 Å². The van der Waals surface area contributed by atoms with Crippen molar-refractivity contribution in [2.75, 3.05) is 11.4 Å². The molecule has 118 valence electrons. The summed E-state index contributed by atoms with van der Waals surface area (Å²) in [7, 11) is 0. The number of halogens is 2. The van der Waals surface area contributed by atoms with Crippen molar-refractivity contribution in [3.63, 3.8) is 0 Å². The smallest absolute Gasteiger partial charge is 0.227 e. The molecule has 1 aromatic carbocycles. The summed E-state index contributed by atoms with van der Waals surface area (Å²) in [6.45, 7) is 1.99. The van der Waals surface area contributed by atoms with Crippen LogP contribution in [0.1, 0.15) is 30.1 Å². The van der Waals surface area contributed by atoms with Gasteiger partial charge in [0.1, 0.15) is 11.0 Å². The summed E-state index contributed by atoms with van der Waals surface area (Å²) in [5.74, 6) is -0.731. The molecule has 2 aromatic rings. The van der Waals surface area contributed by atoms with E-state index < -0.39 is 5.82 Å². The molecule has 6 heteroatoms. The van der Waals surface area contributed by atoms with Gasteiger partial charge in [-0.15, -0.1) is 0 Å². The Morgan fingerprint density at radius 2 is 2.09 bits per heavy atom. The lowest BCUT2D eigenvalue weighted by Gasteiger charge is -2.17. The van der Waals surface area contributed by atoms with Crippen molar-refractivity contribution in [3.8, 4) is 11.1 Å². The van der Waals surface area contributed by atoms with Crippen molar-refractivity contribution in [2.45, 2.75) is 19.8 Å². The minimum absolute atomic E-state index is 0.00488. The molecule has 0 saturated carbocycles. The Bertz CT molecular complexity index is 807. The topological polar surface area (TPSA) is 50.3 Å². The van der Waals surface area contributed by atoms with Gasteiger partial charge in [-0.25, -0.2) is 9.37 Å². The first kappa shape index (κ1) is 15.6. The Balaban J connectivity index is 2.05. The van der Waals surface area contributed by atoms with Gasteiger partial charge in [-0.05, 0) is 37.6 Å². The van der Waals surface area contributed by atoms with Crippen LogP contribution in [0.2, 0.25) is 5.15 Å². The largest absolute Gasteiger partial charge is 0.312 e. The van der Waals surface area contributed by atoms with Crippen LogP contribution in [0.4, 0.5) is 10.1 Å². The molecule has 0 bridgehead atoms. The number of aromatic nitrogens is 1. The van der Waals surface area contributed by atoms with Crippen LogP contribution in [-0.4, -0.2) is 23.2 Å². The first-order chi connectivity index (χ1) is 11.0. The fourth-order valence-corrected chi connectivity index (χ4v) is 2.91. The Hall–Kier alpha value is -2.27. The molecule has 0 radical (unpaired) electrons. The van der Waals surface area contributed by atoms with Crippen molar-refractivity contribution in [2.24, 2.45) is 0 Å². The quantitative estimate of drug-likeness (QED) is 0.633. The third-order valence-electron chi connectivity index (χ3n) is 3.88. The highest BCUT2D eigenvalue weighted by atomic mass is 35.5. The lowest BCUT2D eigenvalue weighted by atomic mass is 9.99. The minimum atomic E-state index is -0.506. The van der Waals surface area contributed by atoms with E-state index in [2.05, 4.69) is 4.98 Å². The van der Waals surface area contributed by atoms with Gasteiger partial charge in [-0.2, -0.15) is 0 Å². The number of hydrogen-bond donors (Lipinski definition) is 0. The van der Waals surface area contributed by atoms with Gasteiger partial charge in [0.05, 0.1) is 0 Å². The molecule has 1 aliphatic heterocycles. The fraction of sp³-hybridized carbons (Fsp3) is 0.235. The van der Waals surface area contributed by atoms with Crippen LogP contribution in [0.5, 0.6) is 0 Å². The summed E-state index contributed by atoms with van der Waals surface area (Å²) in [5.41, 5.74) is 1.49. The molecule has 1 aliphatic rings. The van der Waals surface area contributed by atoms with Gasteiger partial charge in [-0.3, -0.25) is 9.59 Å². The second kappa shape index (κ2) is 6.08. The second-order valence-electron chi connectivity index (χ2n) is 5.42. The SMILES string of the molecule is CC(=O)c1cc(Cl)ncc1-c1ccc(N2CCCC2=O)cc1F. The first-order valence-electron chi connectivity index (χ1n) is 7.24. The van der Waals surface area contributed by atoms with E-state index in [4.69, 9.17) is 11.6 Å². The highest BCUT2D eigenvalue weighted by Crippen LogP contribution is 2.31. The number of nitrogens with zero attached hydrogens (tertiary/aromatic N) is 2. The third kappa shape index (κ3) is 2.97. The molecular formula is C17H14ClFN2O2. The molecule has 1 aromatic heterocycles. The summed E-state index contributed by atoms with van der Waals surface area (Å²) < 4.78 is 14.6. The van der Waals surface area contributed by atoms with E-state index in [9.17, 15) is 14.0 Å². The standard InChI is InChI=1S/C17H14ClFN2O2/c1-10(22)13-8-16(18)20-9-14(13)12-5-4-11(7-15(12)19)21-6-2-3-17(21)23/h4-5,7-9H,2-3,6H2,1H3. The molecule has 23 heavy (non-hydrogen) atoms. The van der Waals surface area contributed by atoms with Crippen molar-refractivity contribution >= 4 is 29.0 Å². The van der Waals surface area contributed by atoms with Gasteiger partial charge >= 0.3 is 0 Å². The lowest BCUT2D eigenvalue weighted by Crippen LogP contribution is -2.23. The number of ketones is 1. The van der Waals surface area contributed by atoms with Crippen LogP contribution in [-0.2, 0) is 4.79 Å². The predicted molar refractivity (Wildman–Crippen MR) is 86.2 cm³/mol. The highest BCUT2D eigenvalue weighted by Gasteiger charge is 2.23. The summed E-state index contributed by atoms with van der Waals surface area (Å²) in [5, 5.41) is 0.179. The van der Waals surface area contributed by atoms with E-state index >= 15 is 0 Å². The number of rotatable bonds is 3. The van der Waals surface area contributed by atoms with E-state index in [1.165, 1.54) is 25.3 Å². The molecule has 0 aliphatic carbocycles. The highest BCUT2D eigenvalue weighted by molar-refractivity contribution is 6.30. The van der Waals surface area contributed by atoms with Crippen LogP contribution < -0.4 is 4.90 Å². The monoisotopic (exact) mass is 332 g/mol. The van der Waals surface area contributed by atoms with Crippen LogP contribution in [0.25, 0.3) is 11.1 Å². The van der Waals surface area contributed by atoms with E-state index in [-0.39, 0.29) is 22.4 Å². The van der Waals surface area contributed by atoms with Crippen molar-refractivity contribution < 1.29 is 14.0 Å². The second-order valence-corrected chi connectivity index (χ2v) is 5.81. The molecule has 0 spiro atoms. The zero-order valence-electron chi connectivity index (χ0n) is 12.5. The van der Waals surface area contributed by atoms with E-state index in [0.717, 1.165) is 6.42 Å². The molecule has 1 saturated heterocycles. The maximum Gasteiger partial charge on any atom is 0.227 e. The number of carbonyl (C=O) groups is 2. The van der Waals surface area contributed by atoms with Crippen molar-refractivity contribution in [1.29, 1.82) is 0 Å². The molecule has 1 amide bonds. The van der Waals surface area contributed by atoms with Crippen LogP contribution in [0.3, 0.4) is 0 Å². The van der Waals surface area contributed by atoms with Crippen LogP contribution in [0.15, 0.2) is 30.5 Å². The average molecular weight is 333 g/mol. The van der Waals surface area contributed by atoms with Gasteiger partial charge in [-0.1, -0.05) is 11.6 Å². The van der Waals surface area contributed by atoms with Gasteiger partial charge in [0, 0.05) is 41.5 Å². The van der Waals surface area contributed by atoms with E-state index in [0.29, 0.717) is 29.8 Å². The fourth-order valence-electron chi connectivity index (χ4n) is 2.75. The predicted octanol–water partition coefficient (Wildman–Crippen LogP) is 3.87. The Kier molecular flexibility index (Phi) is 4.13. The maximum atomic E-state index is 14.6. The molecule has 3 rings (SSSR count). The number of anilines is 1. The van der Waals surface area contributed by atoms with Gasteiger partial charge < -0.3 is 4.90 Å². The Morgan fingerprint density at radius 3 is 2.70 bits per heavy atom. The van der Waals surface area contributed by atoms with E-state index in [1.54, 1.807) is 17.0 Å². The number of carbonyl (C=O) groups excluding carboxylic acids is 2. The zero-order valence-corrected chi connectivity index (χ0v) is 13.2. The number of Topliss-reactive ketones (excluding diaryl/α,β-unsaturated/α-hetero) is 1. The summed E-state index contributed by atoms with van der Waals surface area (Å²) >= 11 is 5.81. The molecular weight excluding hydrogens is 319 g/mol. The Labute approximate surface area is 137 Å². The van der Waals surface area contributed by atoms with Gasteiger partial charge in [0.15, 0.2) is 5.78 Å². The molecule has 4 nitrogen and oxygen atoms in total. The van der Waals surface area contributed by atoms with Gasteiger partial charge in [0.2, 0.25) is 5.91 Å². The third-order valence-corrected chi connectivity index (χ3v) is 4.08. The van der Waals surface area contributed by atoms with Crippen LogP contribution in [0, 0.1) is 5.82 Å². The van der Waals surface area contributed by atoms with Crippen LogP contribution >= 0.6 is 11.6 Å². The summed E-state index contributed by atoms with van der Waals surface area (Å²) in [4.78, 5) is 29.0. The average Bonchev–Trinajstić information content (AvgIpc) is 2.93. The molecule has 0 atom stereocenters. The molecule has 2 heterocycles. The number of benzene rings is 1. The summed E-state index contributed by atoms with van der Waals surface area (Å²) in [6, 6.07) is 5.99. The number of hydrogen-bond acceptors (Lipinski definition) is 3. The normalized spacial score (nSPS) is 14.4. The summed E-state index contributed by atoms with van der Waals surface area (Å²) in [6.07, 6.45) is 2.65. The number of pyridine rings is 1. The molecule has 0 N–H and O–H groups in total. The van der Waals surface area contributed by atoms with E-state index in [1.807, 2.05) is 0 Å².